The third kappa shape index (κ3) is 4.21. The van der Waals surface area contributed by atoms with Crippen molar-refractivity contribution in [2.24, 2.45) is 0 Å². The van der Waals surface area contributed by atoms with E-state index in [1.54, 1.807) is 0 Å². The predicted molar refractivity (Wildman–Crippen MR) is 129 cm³/mol. The molecule has 2 aromatic rings. The molecule has 2 aromatic carbocycles. The second-order valence-corrected chi connectivity index (χ2v) is 20.0. The Kier molecular flexibility index (Phi) is 6.21. The van der Waals surface area contributed by atoms with E-state index in [2.05, 4.69) is 39.3 Å². The number of Topliss-reactive ketones (excluding diaryl/α,β-unsaturated/α-hetero) is 1. The normalized spacial score (nSPS) is 17.5. The molecule has 0 saturated carbocycles. The monoisotopic (exact) mass is 436 g/mol. The van der Waals surface area contributed by atoms with E-state index >= 15 is 0 Å². The van der Waals surface area contributed by atoms with Gasteiger partial charge in [0.1, 0.15) is 12.2 Å². The van der Waals surface area contributed by atoms with Crippen molar-refractivity contribution in [3.05, 3.63) is 93.3 Å². The van der Waals surface area contributed by atoms with Crippen LogP contribution in [-0.4, -0.2) is 32.1 Å². The standard InChI is InChI=1S/C25H32O3Si2/c1-29(2,3)24-19(21(26)17-13-9-7-10-14-17)20(25(23(24)28)30(4,5)6)22(27)18-15-11-8-12-16-18/h7-16,21-22,26-27H,1-6H3/t21-,22+. The summed E-state index contributed by atoms with van der Waals surface area (Å²) >= 11 is 0. The van der Waals surface area contributed by atoms with Gasteiger partial charge in [-0.2, -0.15) is 0 Å². The molecule has 3 nitrogen and oxygen atoms in total. The van der Waals surface area contributed by atoms with E-state index in [1.165, 1.54) is 0 Å². The first-order chi connectivity index (χ1) is 13.9. The summed E-state index contributed by atoms with van der Waals surface area (Å²) in [7, 11) is -4.23. The molecule has 0 aliphatic heterocycles. The Hall–Kier alpha value is -2.06. The minimum Gasteiger partial charge on any atom is -0.384 e. The van der Waals surface area contributed by atoms with Gasteiger partial charge >= 0.3 is 0 Å². The molecule has 0 unspecified atom stereocenters. The van der Waals surface area contributed by atoms with Crippen LogP contribution >= 0.6 is 0 Å². The topological polar surface area (TPSA) is 57.5 Å². The fourth-order valence-electron chi connectivity index (χ4n) is 4.30. The van der Waals surface area contributed by atoms with Crippen LogP contribution in [0.5, 0.6) is 0 Å². The van der Waals surface area contributed by atoms with Crippen molar-refractivity contribution in [1.82, 2.24) is 0 Å². The number of aliphatic hydroxyl groups excluding tert-OH is 2. The third-order valence-corrected chi connectivity index (χ3v) is 9.55. The Morgan fingerprint density at radius 3 is 1.17 bits per heavy atom. The van der Waals surface area contributed by atoms with E-state index < -0.39 is 28.4 Å². The first kappa shape index (κ1) is 22.6. The van der Waals surface area contributed by atoms with Crippen LogP contribution in [0.3, 0.4) is 0 Å². The van der Waals surface area contributed by atoms with E-state index in [9.17, 15) is 15.0 Å². The molecule has 5 heteroatoms. The van der Waals surface area contributed by atoms with Crippen molar-refractivity contribution in [3.8, 4) is 0 Å². The van der Waals surface area contributed by atoms with Gasteiger partial charge in [0.25, 0.3) is 0 Å². The van der Waals surface area contributed by atoms with Gasteiger partial charge in [-0.25, -0.2) is 0 Å². The zero-order chi connectivity index (χ0) is 22.3. The lowest BCUT2D eigenvalue weighted by Crippen LogP contribution is -2.35. The van der Waals surface area contributed by atoms with Gasteiger partial charge in [0.2, 0.25) is 0 Å². The van der Waals surface area contributed by atoms with Crippen LogP contribution in [-0.2, 0) is 4.79 Å². The Morgan fingerprint density at radius 2 is 0.900 bits per heavy atom. The molecule has 0 heterocycles. The molecule has 0 aromatic heterocycles. The summed E-state index contributed by atoms with van der Waals surface area (Å²) in [5.41, 5.74) is 2.76. The van der Waals surface area contributed by atoms with Crippen LogP contribution in [0.4, 0.5) is 0 Å². The largest absolute Gasteiger partial charge is 0.384 e. The van der Waals surface area contributed by atoms with Crippen molar-refractivity contribution in [2.75, 3.05) is 0 Å². The smallest absolute Gasteiger partial charge is 0.177 e. The van der Waals surface area contributed by atoms with E-state index in [4.69, 9.17) is 0 Å². The number of carbonyl (C=O) groups is 1. The van der Waals surface area contributed by atoms with E-state index in [0.29, 0.717) is 11.1 Å². The van der Waals surface area contributed by atoms with Gasteiger partial charge in [0, 0.05) is 0 Å². The molecule has 0 saturated heterocycles. The summed E-state index contributed by atoms with van der Waals surface area (Å²) in [5, 5.41) is 24.5. The van der Waals surface area contributed by atoms with Gasteiger partial charge in [-0.1, -0.05) is 99.9 Å². The summed E-state index contributed by atoms with van der Waals surface area (Å²) in [5.74, 6) is 0.0447. The van der Waals surface area contributed by atoms with Gasteiger partial charge in [0.05, 0.1) is 16.1 Å². The minimum atomic E-state index is -2.12. The van der Waals surface area contributed by atoms with Gasteiger partial charge in [-0.15, -0.1) is 0 Å². The Bertz CT molecular complexity index is 913. The SMILES string of the molecule is C[Si](C)(C)C1=C([C@@H](O)c2ccccc2)C([C@H](O)c2ccccc2)=C([Si](C)(C)C)C1=O. The molecule has 0 amide bonds. The second-order valence-electron chi connectivity index (χ2n) is 10.0. The minimum absolute atomic E-state index is 0.0447. The van der Waals surface area contributed by atoms with Crippen LogP contribution in [0.25, 0.3) is 0 Å². The average Bonchev–Trinajstić information content (AvgIpc) is 3.01. The van der Waals surface area contributed by atoms with Gasteiger partial charge in [0.15, 0.2) is 5.78 Å². The lowest BCUT2D eigenvalue weighted by Gasteiger charge is -2.26. The van der Waals surface area contributed by atoms with Gasteiger partial charge in [-0.05, 0) is 32.7 Å². The molecule has 1 aliphatic carbocycles. The van der Waals surface area contributed by atoms with E-state index in [0.717, 1.165) is 21.5 Å². The highest BCUT2D eigenvalue weighted by Gasteiger charge is 2.47. The molecule has 30 heavy (non-hydrogen) atoms. The lowest BCUT2D eigenvalue weighted by atomic mass is 9.91. The quantitative estimate of drug-likeness (QED) is 0.597. The van der Waals surface area contributed by atoms with Crippen LogP contribution in [0.15, 0.2) is 82.2 Å². The highest BCUT2D eigenvalue weighted by molar-refractivity contribution is 6.94. The number of allylic oxidation sites excluding steroid dienone is 2. The van der Waals surface area contributed by atoms with E-state index in [1.807, 2.05) is 60.7 Å². The molecule has 3 rings (SSSR count). The number of hydrogen-bond donors (Lipinski definition) is 2. The number of ketones is 1. The predicted octanol–water partition coefficient (Wildman–Crippen LogP) is 5.38. The Balaban J connectivity index is 2.33. The van der Waals surface area contributed by atoms with Crippen molar-refractivity contribution < 1.29 is 15.0 Å². The van der Waals surface area contributed by atoms with Crippen molar-refractivity contribution in [1.29, 1.82) is 0 Å². The van der Waals surface area contributed by atoms with Crippen LogP contribution in [0.1, 0.15) is 23.3 Å². The summed E-state index contributed by atoms with van der Waals surface area (Å²) in [6.07, 6.45) is -1.89. The molecule has 2 N–H and O–H groups in total. The summed E-state index contributed by atoms with van der Waals surface area (Å²) in [6.45, 7) is 12.8. The molecule has 0 fully saturated rings. The van der Waals surface area contributed by atoms with E-state index in [-0.39, 0.29) is 5.78 Å². The number of rotatable bonds is 6. The maximum Gasteiger partial charge on any atom is 0.177 e. The fourth-order valence-corrected chi connectivity index (χ4v) is 8.20. The number of hydrogen-bond acceptors (Lipinski definition) is 3. The van der Waals surface area contributed by atoms with Gasteiger partial charge in [-0.3, -0.25) is 4.79 Å². The summed E-state index contributed by atoms with van der Waals surface area (Å²) in [4.78, 5) is 13.8. The fraction of sp³-hybridized carbons (Fsp3) is 0.320. The van der Waals surface area contributed by atoms with Crippen LogP contribution in [0.2, 0.25) is 39.3 Å². The summed E-state index contributed by atoms with van der Waals surface area (Å²) in [6, 6.07) is 18.9. The Labute approximate surface area is 181 Å². The zero-order valence-corrected chi connectivity index (χ0v) is 20.7. The molecule has 0 spiro atoms. The Morgan fingerprint density at radius 1 is 0.600 bits per heavy atom. The van der Waals surface area contributed by atoms with Crippen molar-refractivity contribution >= 4 is 21.9 Å². The highest BCUT2D eigenvalue weighted by Crippen LogP contribution is 2.48. The molecule has 0 radical (unpaired) electrons. The molecule has 2 atom stereocenters. The number of carbonyl (C=O) groups excluding carboxylic acids is 1. The molecular weight excluding hydrogens is 404 g/mol. The van der Waals surface area contributed by atoms with Gasteiger partial charge < -0.3 is 10.2 Å². The van der Waals surface area contributed by atoms with Crippen molar-refractivity contribution in [3.63, 3.8) is 0 Å². The maximum atomic E-state index is 13.8. The maximum absolute atomic E-state index is 13.8. The number of aliphatic hydroxyl groups is 2. The molecule has 158 valence electrons. The zero-order valence-electron chi connectivity index (χ0n) is 18.7. The summed E-state index contributed by atoms with van der Waals surface area (Å²) < 4.78 is 0. The highest BCUT2D eigenvalue weighted by atomic mass is 28.3. The number of benzene rings is 2. The average molecular weight is 437 g/mol. The first-order valence-electron chi connectivity index (χ1n) is 10.4. The van der Waals surface area contributed by atoms with Crippen LogP contribution in [0, 0.1) is 0 Å². The molecular formula is C25H32O3Si2. The molecule has 1 aliphatic rings. The third-order valence-electron chi connectivity index (χ3n) is 5.56. The van der Waals surface area contributed by atoms with Crippen molar-refractivity contribution in [2.45, 2.75) is 51.5 Å². The second kappa shape index (κ2) is 8.23. The lowest BCUT2D eigenvalue weighted by molar-refractivity contribution is -0.111. The van der Waals surface area contributed by atoms with Crippen LogP contribution < -0.4 is 0 Å². The molecule has 0 bridgehead atoms. The first-order valence-corrected chi connectivity index (χ1v) is 17.4.